The molecule has 0 aromatic carbocycles. The van der Waals surface area contributed by atoms with Crippen molar-refractivity contribution in [3.05, 3.63) is 35.3 Å². The van der Waals surface area contributed by atoms with Crippen molar-refractivity contribution in [2.45, 2.75) is 0 Å². The van der Waals surface area contributed by atoms with E-state index in [1.165, 1.54) is 25.4 Å². The predicted octanol–water partition coefficient (Wildman–Crippen LogP) is -0.389. The highest BCUT2D eigenvalue weighted by atomic mass is 16.6. The second kappa shape index (κ2) is 3.68. The Morgan fingerprint density at radius 3 is 3.00 bits per heavy atom. The van der Waals surface area contributed by atoms with Gasteiger partial charge in [-0.1, -0.05) is 0 Å². The van der Waals surface area contributed by atoms with Crippen molar-refractivity contribution in [2.75, 3.05) is 7.11 Å². The lowest BCUT2D eigenvalue weighted by Gasteiger charge is -2.02. The summed E-state index contributed by atoms with van der Waals surface area (Å²) in [6.45, 7) is 0. The highest BCUT2D eigenvalue weighted by molar-refractivity contribution is 5.89. The number of rotatable bonds is 2. The number of hydrogen-bond donors (Lipinski definition) is 1. The van der Waals surface area contributed by atoms with Crippen LogP contribution in [0.5, 0.6) is 0 Å². The summed E-state index contributed by atoms with van der Waals surface area (Å²) in [5.41, 5.74) is 2.04. The molecule has 0 radical (unpaired) electrons. The van der Waals surface area contributed by atoms with E-state index < -0.39 is 5.91 Å². The quantitative estimate of drug-likeness (QED) is 0.371. The lowest BCUT2D eigenvalue weighted by molar-refractivity contribution is -0.607. The van der Waals surface area contributed by atoms with E-state index in [9.17, 15) is 10.0 Å². The summed E-state index contributed by atoms with van der Waals surface area (Å²) in [6.07, 6.45) is 1.24. The van der Waals surface area contributed by atoms with Crippen LogP contribution in [0.2, 0.25) is 0 Å². The summed E-state index contributed by atoms with van der Waals surface area (Å²) in [4.78, 5) is 15.4. The SMILES string of the molecule is CONC(=O)c1cccc[n+]1[O-]. The summed E-state index contributed by atoms with van der Waals surface area (Å²) in [7, 11) is 1.30. The highest BCUT2D eigenvalue weighted by Gasteiger charge is 2.13. The van der Waals surface area contributed by atoms with Crippen LogP contribution < -0.4 is 10.2 Å². The highest BCUT2D eigenvalue weighted by Crippen LogP contribution is 1.89. The summed E-state index contributed by atoms with van der Waals surface area (Å²) in [5.74, 6) is -0.562. The third-order valence-corrected chi connectivity index (χ3v) is 1.25. The second-order valence-electron chi connectivity index (χ2n) is 2.05. The largest absolute Gasteiger partial charge is 0.618 e. The van der Waals surface area contributed by atoms with Crippen LogP contribution in [0.15, 0.2) is 24.4 Å². The Kier molecular flexibility index (Phi) is 2.60. The fourth-order valence-corrected chi connectivity index (χ4v) is 0.749. The molecule has 5 heteroatoms. The summed E-state index contributed by atoms with van der Waals surface area (Å²) < 4.78 is 0.467. The van der Waals surface area contributed by atoms with Gasteiger partial charge in [0, 0.05) is 12.1 Å². The molecule has 1 heterocycles. The molecular formula is C7H8N2O3. The summed E-state index contributed by atoms with van der Waals surface area (Å²) >= 11 is 0. The van der Waals surface area contributed by atoms with Gasteiger partial charge in [0.2, 0.25) is 0 Å². The Labute approximate surface area is 69.1 Å². The monoisotopic (exact) mass is 168 g/mol. The topological polar surface area (TPSA) is 65.3 Å². The van der Waals surface area contributed by atoms with E-state index in [2.05, 4.69) is 4.84 Å². The fraction of sp³-hybridized carbons (Fsp3) is 0.143. The van der Waals surface area contributed by atoms with Gasteiger partial charge in [-0.25, -0.2) is 5.48 Å². The number of aromatic nitrogens is 1. The van der Waals surface area contributed by atoms with E-state index in [1.54, 1.807) is 6.07 Å². The van der Waals surface area contributed by atoms with Crippen LogP contribution in [-0.4, -0.2) is 13.0 Å². The Balaban J connectivity index is 2.87. The van der Waals surface area contributed by atoms with Crippen LogP contribution in [0.3, 0.4) is 0 Å². The van der Waals surface area contributed by atoms with Crippen LogP contribution in [0.4, 0.5) is 0 Å². The lowest BCUT2D eigenvalue weighted by Crippen LogP contribution is -2.38. The van der Waals surface area contributed by atoms with Gasteiger partial charge >= 0.3 is 5.91 Å². The molecular weight excluding hydrogens is 160 g/mol. The number of carbonyl (C=O) groups excluding carboxylic acids is 1. The Morgan fingerprint density at radius 1 is 1.67 bits per heavy atom. The average molecular weight is 168 g/mol. The summed E-state index contributed by atoms with van der Waals surface area (Å²) in [6, 6.07) is 4.54. The Bertz CT molecular complexity index is 288. The number of hydroxylamine groups is 1. The van der Waals surface area contributed by atoms with Crippen molar-refractivity contribution in [1.29, 1.82) is 0 Å². The molecule has 0 aliphatic heterocycles. The molecule has 0 saturated carbocycles. The zero-order valence-electron chi connectivity index (χ0n) is 6.48. The van der Waals surface area contributed by atoms with Gasteiger partial charge in [0.05, 0.1) is 7.11 Å². The van der Waals surface area contributed by atoms with E-state index in [0.717, 1.165) is 0 Å². The smallest absolute Gasteiger partial charge is 0.340 e. The molecule has 0 spiro atoms. The van der Waals surface area contributed by atoms with Crippen molar-refractivity contribution in [3.8, 4) is 0 Å². The fourth-order valence-electron chi connectivity index (χ4n) is 0.749. The molecule has 0 saturated heterocycles. The first-order valence-corrected chi connectivity index (χ1v) is 3.27. The minimum Gasteiger partial charge on any atom is -0.618 e. The lowest BCUT2D eigenvalue weighted by atomic mass is 10.3. The first kappa shape index (κ1) is 8.48. The van der Waals surface area contributed by atoms with E-state index in [4.69, 9.17) is 0 Å². The van der Waals surface area contributed by atoms with E-state index >= 15 is 0 Å². The van der Waals surface area contributed by atoms with Gasteiger partial charge in [-0.05, 0) is 6.07 Å². The number of carbonyl (C=O) groups is 1. The van der Waals surface area contributed by atoms with Crippen LogP contribution >= 0.6 is 0 Å². The minimum atomic E-state index is -0.562. The minimum absolute atomic E-state index is 0.000602. The van der Waals surface area contributed by atoms with Crippen LogP contribution in [0, 0.1) is 5.21 Å². The molecule has 1 rings (SSSR count). The maximum Gasteiger partial charge on any atom is 0.340 e. The normalized spacial score (nSPS) is 9.42. The molecule has 0 aliphatic carbocycles. The Hall–Kier alpha value is -1.62. The number of amides is 1. The second-order valence-corrected chi connectivity index (χ2v) is 2.05. The zero-order valence-corrected chi connectivity index (χ0v) is 6.48. The van der Waals surface area contributed by atoms with Crippen molar-refractivity contribution in [3.63, 3.8) is 0 Å². The average Bonchev–Trinajstić information content (AvgIpc) is 2.05. The van der Waals surface area contributed by atoms with E-state index in [-0.39, 0.29) is 5.69 Å². The maximum absolute atomic E-state index is 11.0. The van der Waals surface area contributed by atoms with Crippen molar-refractivity contribution < 1.29 is 14.4 Å². The molecule has 1 aromatic rings. The van der Waals surface area contributed by atoms with Crippen LogP contribution in [-0.2, 0) is 4.84 Å². The molecule has 1 aromatic heterocycles. The van der Waals surface area contributed by atoms with E-state index in [0.29, 0.717) is 4.73 Å². The van der Waals surface area contributed by atoms with Gasteiger partial charge in [0.25, 0.3) is 5.69 Å². The molecule has 64 valence electrons. The number of pyridine rings is 1. The van der Waals surface area contributed by atoms with Crippen LogP contribution in [0.25, 0.3) is 0 Å². The first-order chi connectivity index (χ1) is 5.75. The number of hydrogen-bond acceptors (Lipinski definition) is 3. The maximum atomic E-state index is 11.0. The molecule has 5 nitrogen and oxygen atoms in total. The molecule has 0 atom stereocenters. The third-order valence-electron chi connectivity index (χ3n) is 1.25. The third kappa shape index (κ3) is 1.70. The van der Waals surface area contributed by atoms with Crippen molar-refractivity contribution in [2.24, 2.45) is 0 Å². The first-order valence-electron chi connectivity index (χ1n) is 3.27. The zero-order chi connectivity index (χ0) is 8.97. The van der Waals surface area contributed by atoms with Crippen LogP contribution in [0.1, 0.15) is 10.5 Å². The van der Waals surface area contributed by atoms with Crippen molar-refractivity contribution >= 4 is 5.91 Å². The van der Waals surface area contributed by atoms with Gasteiger partial charge < -0.3 is 5.21 Å². The molecule has 12 heavy (non-hydrogen) atoms. The molecule has 0 unspecified atom stereocenters. The van der Waals surface area contributed by atoms with Gasteiger partial charge in [-0.15, -0.1) is 0 Å². The molecule has 0 fully saturated rings. The summed E-state index contributed by atoms with van der Waals surface area (Å²) in [5, 5.41) is 10.9. The molecule has 1 N–H and O–H groups in total. The van der Waals surface area contributed by atoms with E-state index in [1.807, 2.05) is 5.48 Å². The number of nitrogens with one attached hydrogen (secondary N) is 1. The van der Waals surface area contributed by atoms with Gasteiger partial charge in [-0.3, -0.25) is 9.63 Å². The molecule has 1 amide bonds. The standard InChI is InChI=1S/C7H8N2O3/c1-12-8-7(10)6-4-2-3-5-9(6)11/h2-5H,1H3,(H,8,10). The molecule has 0 aliphatic rings. The van der Waals surface area contributed by atoms with Gasteiger partial charge in [0.1, 0.15) is 0 Å². The Morgan fingerprint density at radius 2 is 2.42 bits per heavy atom. The van der Waals surface area contributed by atoms with Crippen molar-refractivity contribution in [1.82, 2.24) is 5.48 Å². The molecule has 0 bridgehead atoms. The van der Waals surface area contributed by atoms with Gasteiger partial charge in [-0.2, -0.15) is 4.73 Å². The van der Waals surface area contributed by atoms with Gasteiger partial charge in [0.15, 0.2) is 6.20 Å². The predicted molar refractivity (Wildman–Crippen MR) is 39.9 cm³/mol. The number of nitrogens with zero attached hydrogens (tertiary/aromatic N) is 1.